The Labute approximate surface area is 234 Å². The van der Waals surface area contributed by atoms with Crippen LogP contribution in [0.2, 0.25) is 0 Å². The quantitative estimate of drug-likeness (QED) is 0.110. The van der Waals surface area contributed by atoms with Gasteiger partial charge in [-0.15, -0.1) is 0 Å². The Hall–Kier alpha value is -2.10. The van der Waals surface area contributed by atoms with Crippen LogP contribution in [-0.4, -0.2) is 22.0 Å². The van der Waals surface area contributed by atoms with Gasteiger partial charge >= 0.3 is 0 Å². The molecule has 1 heterocycles. The Bertz CT molecular complexity index is 900. The lowest BCUT2D eigenvalue weighted by molar-refractivity contribution is -0.117. The van der Waals surface area contributed by atoms with Crippen molar-refractivity contribution >= 4 is 16.9 Å². The first-order valence-corrected chi connectivity index (χ1v) is 16.0. The van der Waals surface area contributed by atoms with Crippen LogP contribution in [0.15, 0.2) is 36.4 Å². The second-order valence-electron chi connectivity index (χ2n) is 11.3. The van der Waals surface area contributed by atoms with Crippen LogP contribution in [-0.2, 0) is 17.8 Å². The molecule has 4 heteroatoms. The lowest BCUT2D eigenvalue weighted by atomic mass is 10.0. The standard InChI is InChI=1S/C34H57N3O/c1-4-5-6-7-8-9-10-11-12-13-14-15-16-17-18-24-29-37-32-26-22-21-25-31(32)36-33(37)27-20-19-23-28-35-34(38)30(2)3/h21-22,25-26H,2,4-20,23-24,27-29H2,1,3H3,(H,35,38). The minimum absolute atomic E-state index is 0.0365. The molecule has 0 aliphatic rings. The minimum atomic E-state index is -0.0365. The number of amides is 1. The topological polar surface area (TPSA) is 46.9 Å². The zero-order valence-electron chi connectivity index (χ0n) is 24.9. The highest BCUT2D eigenvalue weighted by Gasteiger charge is 2.10. The van der Waals surface area contributed by atoms with Crippen LogP contribution in [0.25, 0.3) is 11.0 Å². The maximum atomic E-state index is 11.6. The van der Waals surface area contributed by atoms with E-state index < -0.39 is 0 Å². The summed E-state index contributed by atoms with van der Waals surface area (Å²) < 4.78 is 2.46. The Kier molecular flexibility index (Phi) is 17.6. The van der Waals surface area contributed by atoms with Gasteiger partial charge in [0.05, 0.1) is 11.0 Å². The number of hydrogen-bond donors (Lipinski definition) is 1. The fourth-order valence-corrected chi connectivity index (χ4v) is 5.32. The number of hydrogen-bond acceptors (Lipinski definition) is 2. The molecule has 0 spiro atoms. The van der Waals surface area contributed by atoms with Crippen LogP contribution >= 0.6 is 0 Å². The number of benzene rings is 1. The lowest BCUT2D eigenvalue weighted by Gasteiger charge is -2.10. The summed E-state index contributed by atoms with van der Waals surface area (Å²) in [6.45, 7) is 9.53. The monoisotopic (exact) mass is 523 g/mol. The van der Waals surface area contributed by atoms with Gasteiger partial charge in [0.25, 0.3) is 0 Å². The van der Waals surface area contributed by atoms with Crippen LogP contribution in [0.3, 0.4) is 0 Å². The maximum Gasteiger partial charge on any atom is 0.246 e. The summed E-state index contributed by atoms with van der Waals surface area (Å²) in [6, 6.07) is 8.56. The average Bonchev–Trinajstić information content (AvgIpc) is 3.27. The number of unbranched alkanes of at least 4 members (excludes halogenated alkanes) is 17. The maximum absolute atomic E-state index is 11.6. The van der Waals surface area contributed by atoms with Crippen molar-refractivity contribution in [1.29, 1.82) is 0 Å². The Morgan fingerprint density at radius 1 is 0.763 bits per heavy atom. The molecule has 0 fully saturated rings. The molecule has 0 aliphatic carbocycles. The van der Waals surface area contributed by atoms with E-state index in [4.69, 9.17) is 4.98 Å². The zero-order chi connectivity index (χ0) is 27.3. The molecule has 4 nitrogen and oxygen atoms in total. The Balaban J connectivity index is 1.55. The van der Waals surface area contributed by atoms with Crippen molar-refractivity contribution in [2.75, 3.05) is 6.54 Å². The van der Waals surface area contributed by atoms with Gasteiger partial charge in [-0.25, -0.2) is 4.98 Å². The van der Waals surface area contributed by atoms with Crippen LogP contribution in [0.5, 0.6) is 0 Å². The van der Waals surface area contributed by atoms with Gasteiger partial charge in [0.2, 0.25) is 5.91 Å². The number of fused-ring (bicyclic) bond motifs is 1. The molecule has 1 N–H and O–H groups in total. The van der Waals surface area contributed by atoms with Crippen LogP contribution < -0.4 is 5.32 Å². The Morgan fingerprint density at radius 2 is 1.29 bits per heavy atom. The number of imidazole rings is 1. The van der Waals surface area contributed by atoms with Gasteiger partial charge in [-0.2, -0.15) is 0 Å². The fourth-order valence-electron chi connectivity index (χ4n) is 5.32. The summed E-state index contributed by atoms with van der Waals surface area (Å²) in [5, 5.41) is 2.93. The number of nitrogens with zero attached hydrogens (tertiary/aromatic N) is 2. The molecule has 1 aromatic carbocycles. The molecule has 38 heavy (non-hydrogen) atoms. The molecular formula is C34H57N3O. The molecular weight excluding hydrogens is 466 g/mol. The van der Waals surface area contributed by atoms with E-state index in [1.165, 1.54) is 114 Å². The van der Waals surface area contributed by atoms with Crippen LogP contribution in [0, 0.1) is 0 Å². The van der Waals surface area contributed by atoms with Crippen molar-refractivity contribution in [3.8, 4) is 0 Å². The first-order chi connectivity index (χ1) is 18.6. The largest absolute Gasteiger partial charge is 0.352 e. The van der Waals surface area contributed by atoms with Gasteiger partial charge < -0.3 is 9.88 Å². The number of carbonyl (C=O) groups is 1. The highest BCUT2D eigenvalue weighted by molar-refractivity contribution is 5.92. The molecule has 0 bridgehead atoms. The van der Waals surface area contributed by atoms with Gasteiger partial charge in [0.1, 0.15) is 5.82 Å². The van der Waals surface area contributed by atoms with E-state index in [1.54, 1.807) is 6.92 Å². The van der Waals surface area contributed by atoms with Crippen molar-refractivity contribution in [2.24, 2.45) is 0 Å². The lowest BCUT2D eigenvalue weighted by Crippen LogP contribution is -2.24. The normalized spacial score (nSPS) is 11.3. The number of nitrogens with one attached hydrogen (secondary N) is 1. The van der Waals surface area contributed by atoms with Gasteiger partial charge in [0, 0.05) is 25.1 Å². The average molecular weight is 524 g/mol. The van der Waals surface area contributed by atoms with E-state index in [2.05, 4.69) is 47.7 Å². The second kappa shape index (κ2) is 20.8. The fraction of sp³-hybridized carbons (Fsp3) is 0.706. The third-order valence-electron chi connectivity index (χ3n) is 7.72. The van der Waals surface area contributed by atoms with Gasteiger partial charge in [-0.05, 0) is 38.3 Å². The molecule has 1 amide bonds. The highest BCUT2D eigenvalue weighted by atomic mass is 16.1. The highest BCUT2D eigenvalue weighted by Crippen LogP contribution is 2.20. The predicted octanol–water partition coefficient (Wildman–Crippen LogP) is 9.70. The molecule has 0 radical (unpaired) electrons. The molecule has 2 aromatic rings. The summed E-state index contributed by atoms with van der Waals surface area (Å²) in [7, 11) is 0. The Morgan fingerprint density at radius 3 is 1.87 bits per heavy atom. The van der Waals surface area contributed by atoms with E-state index in [1.807, 2.05) is 0 Å². The molecule has 214 valence electrons. The van der Waals surface area contributed by atoms with E-state index in [-0.39, 0.29) is 5.91 Å². The molecule has 1 aromatic heterocycles. The summed E-state index contributed by atoms with van der Waals surface area (Å²) in [5.74, 6) is 1.18. The first-order valence-electron chi connectivity index (χ1n) is 16.0. The second-order valence-corrected chi connectivity index (χ2v) is 11.3. The smallest absolute Gasteiger partial charge is 0.246 e. The SMILES string of the molecule is C=C(C)C(=O)NCCCCCc1nc2ccccc2n1CCCCCCCCCCCCCCCCCC. The van der Waals surface area contributed by atoms with E-state index in [9.17, 15) is 4.79 Å². The van der Waals surface area contributed by atoms with E-state index >= 15 is 0 Å². The molecule has 2 rings (SSSR count). The van der Waals surface area contributed by atoms with Gasteiger partial charge in [0.15, 0.2) is 0 Å². The third-order valence-corrected chi connectivity index (χ3v) is 7.72. The number of aryl methyl sites for hydroxylation is 2. The van der Waals surface area contributed by atoms with Crippen molar-refractivity contribution < 1.29 is 4.79 Å². The molecule has 0 atom stereocenters. The summed E-state index contributed by atoms with van der Waals surface area (Å²) in [6.07, 6.45) is 26.6. The molecule has 0 saturated heterocycles. The number of rotatable bonds is 24. The molecule has 0 unspecified atom stereocenters. The third kappa shape index (κ3) is 13.6. The number of aromatic nitrogens is 2. The minimum Gasteiger partial charge on any atom is -0.352 e. The summed E-state index contributed by atoms with van der Waals surface area (Å²) in [4.78, 5) is 16.6. The van der Waals surface area contributed by atoms with Crippen molar-refractivity contribution in [1.82, 2.24) is 14.9 Å². The van der Waals surface area contributed by atoms with Crippen molar-refractivity contribution in [2.45, 2.75) is 149 Å². The number of carbonyl (C=O) groups excluding carboxylic acids is 1. The predicted molar refractivity (Wildman–Crippen MR) is 165 cm³/mol. The molecule has 0 saturated carbocycles. The zero-order valence-corrected chi connectivity index (χ0v) is 24.9. The van der Waals surface area contributed by atoms with Gasteiger partial charge in [-0.3, -0.25) is 4.79 Å². The first kappa shape index (κ1) is 32.1. The summed E-state index contributed by atoms with van der Waals surface area (Å²) >= 11 is 0. The molecule has 0 aliphatic heterocycles. The van der Waals surface area contributed by atoms with Crippen LogP contribution in [0.4, 0.5) is 0 Å². The number of para-hydroxylation sites is 2. The van der Waals surface area contributed by atoms with Gasteiger partial charge in [-0.1, -0.05) is 128 Å². The van der Waals surface area contributed by atoms with Crippen molar-refractivity contribution in [3.63, 3.8) is 0 Å². The van der Waals surface area contributed by atoms with Crippen molar-refractivity contribution in [3.05, 3.63) is 42.2 Å². The summed E-state index contributed by atoms with van der Waals surface area (Å²) in [5.41, 5.74) is 2.97. The van der Waals surface area contributed by atoms with Crippen LogP contribution in [0.1, 0.15) is 142 Å². The van der Waals surface area contributed by atoms with E-state index in [0.29, 0.717) is 5.57 Å². The van der Waals surface area contributed by atoms with E-state index in [0.717, 1.165) is 44.3 Å².